The fourth-order valence-corrected chi connectivity index (χ4v) is 4.45. The fourth-order valence-electron chi connectivity index (χ4n) is 2.37. The average molecular weight is 415 g/mol. The summed E-state index contributed by atoms with van der Waals surface area (Å²) >= 11 is 0. The van der Waals surface area contributed by atoms with Crippen molar-refractivity contribution in [3.8, 4) is 5.75 Å². The van der Waals surface area contributed by atoms with Gasteiger partial charge in [-0.25, -0.2) is 0 Å². The lowest BCUT2D eigenvalue weighted by Crippen LogP contribution is -2.50. The van der Waals surface area contributed by atoms with Gasteiger partial charge in [0.25, 0.3) is 30.4 Å². The van der Waals surface area contributed by atoms with Crippen LogP contribution in [-0.4, -0.2) is 48.9 Å². The number of phenols is 1. The highest BCUT2D eigenvalue weighted by molar-refractivity contribution is 7.87. The summed E-state index contributed by atoms with van der Waals surface area (Å²) < 4.78 is 95.2. The Morgan fingerprint density at radius 1 is 1.08 bits per heavy atom. The number of aromatic hydroxyl groups is 1. The summed E-state index contributed by atoms with van der Waals surface area (Å²) in [4.78, 5) is -3.38. The monoisotopic (exact) mass is 415 g/mol. The standard InChI is InChI=1S/C11H13NO10S3/c12-11(25(20,21)22)2-1-7-6(4-11)3-9(24(17,18)19)8(10(7)13)5-23(14,15)16/h1,3-4,13H,2,5,12H2,(H,14,15,16)(H,17,18,19)(H,20,21,22). The van der Waals surface area contributed by atoms with Gasteiger partial charge in [-0.05, 0) is 17.4 Å². The maximum atomic E-state index is 11.5. The first-order chi connectivity index (χ1) is 11.1. The van der Waals surface area contributed by atoms with Crippen molar-refractivity contribution in [2.75, 3.05) is 0 Å². The van der Waals surface area contributed by atoms with Gasteiger partial charge in [0.05, 0.1) is 0 Å². The van der Waals surface area contributed by atoms with Crippen molar-refractivity contribution < 1.29 is 44.0 Å². The maximum Gasteiger partial charge on any atom is 0.294 e. The molecule has 1 unspecified atom stereocenters. The van der Waals surface area contributed by atoms with E-state index in [0.717, 1.165) is 12.2 Å². The molecule has 0 radical (unpaired) electrons. The van der Waals surface area contributed by atoms with Crippen LogP contribution in [0.15, 0.2) is 11.0 Å². The van der Waals surface area contributed by atoms with Crippen LogP contribution in [0, 0.1) is 0 Å². The third kappa shape index (κ3) is 3.84. The Kier molecular flexibility index (Phi) is 4.53. The van der Waals surface area contributed by atoms with Crippen LogP contribution in [0.4, 0.5) is 0 Å². The predicted molar refractivity (Wildman–Crippen MR) is 84.4 cm³/mol. The van der Waals surface area contributed by atoms with E-state index < -0.39 is 63.6 Å². The Morgan fingerprint density at radius 3 is 2.08 bits per heavy atom. The quantitative estimate of drug-likeness (QED) is 0.325. The molecule has 0 aromatic heterocycles. The lowest BCUT2D eigenvalue weighted by atomic mass is 10.0. The highest BCUT2D eigenvalue weighted by atomic mass is 32.2. The largest absolute Gasteiger partial charge is 0.507 e. The third-order valence-electron chi connectivity index (χ3n) is 3.55. The van der Waals surface area contributed by atoms with Crippen molar-refractivity contribution >= 4 is 42.5 Å². The van der Waals surface area contributed by atoms with E-state index in [1.165, 1.54) is 0 Å². The summed E-state index contributed by atoms with van der Waals surface area (Å²) in [6.07, 6.45) is 1.28. The number of benzene rings is 1. The van der Waals surface area contributed by atoms with Crippen LogP contribution in [0.3, 0.4) is 0 Å². The van der Waals surface area contributed by atoms with E-state index in [9.17, 15) is 39.5 Å². The van der Waals surface area contributed by atoms with Gasteiger partial charge in [0.15, 0.2) is 4.87 Å². The molecule has 0 fully saturated rings. The van der Waals surface area contributed by atoms with Crippen LogP contribution in [0.5, 0.6) is 5.75 Å². The maximum absolute atomic E-state index is 11.5. The summed E-state index contributed by atoms with van der Waals surface area (Å²) in [5, 5.41) is 9.71. The van der Waals surface area contributed by atoms with Gasteiger partial charge in [0.1, 0.15) is 16.4 Å². The van der Waals surface area contributed by atoms with E-state index in [0.29, 0.717) is 6.07 Å². The molecule has 0 aliphatic heterocycles. The number of fused-ring (bicyclic) bond motifs is 1. The Hall–Kier alpha value is -1.55. The molecule has 0 saturated carbocycles. The molecule has 140 valence electrons. The second-order valence-electron chi connectivity index (χ2n) is 5.39. The average Bonchev–Trinajstić information content (AvgIpc) is 2.37. The van der Waals surface area contributed by atoms with Crippen LogP contribution < -0.4 is 16.2 Å². The SMILES string of the molecule is NC1(S(=O)(=O)O)C=c2cc(S(=O)(=O)O)c(CS(=O)(=O)O)c(O)c2=CC1. The third-order valence-corrected chi connectivity index (χ3v) is 6.36. The summed E-state index contributed by atoms with van der Waals surface area (Å²) in [6, 6.07) is 0.674. The number of rotatable bonds is 4. The summed E-state index contributed by atoms with van der Waals surface area (Å²) in [5.41, 5.74) is 4.74. The highest BCUT2D eigenvalue weighted by Crippen LogP contribution is 2.25. The molecule has 0 bridgehead atoms. The van der Waals surface area contributed by atoms with Gasteiger partial charge >= 0.3 is 0 Å². The molecule has 25 heavy (non-hydrogen) atoms. The first-order valence-electron chi connectivity index (χ1n) is 6.32. The Labute approximate surface area is 142 Å². The molecular weight excluding hydrogens is 402 g/mol. The van der Waals surface area contributed by atoms with E-state index in [-0.39, 0.29) is 10.4 Å². The first-order valence-corrected chi connectivity index (χ1v) is 10.8. The van der Waals surface area contributed by atoms with E-state index in [2.05, 4.69) is 0 Å². The minimum absolute atomic E-state index is 0.171. The molecule has 1 aromatic rings. The highest BCUT2D eigenvalue weighted by Gasteiger charge is 2.37. The van der Waals surface area contributed by atoms with Crippen molar-refractivity contribution in [1.29, 1.82) is 0 Å². The van der Waals surface area contributed by atoms with Crippen molar-refractivity contribution in [2.24, 2.45) is 5.73 Å². The van der Waals surface area contributed by atoms with Gasteiger partial charge in [-0.15, -0.1) is 0 Å². The van der Waals surface area contributed by atoms with Gasteiger partial charge in [0, 0.05) is 17.2 Å². The minimum Gasteiger partial charge on any atom is -0.507 e. The zero-order valence-corrected chi connectivity index (χ0v) is 14.6. The van der Waals surface area contributed by atoms with E-state index in [1.807, 2.05) is 0 Å². The van der Waals surface area contributed by atoms with Crippen LogP contribution >= 0.6 is 0 Å². The number of hydrogen-bond donors (Lipinski definition) is 5. The van der Waals surface area contributed by atoms with Gasteiger partial charge in [-0.3, -0.25) is 13.7 Å². The van der Waals surface area contributed by atoms with E-state index in [4.69, 9.17) is 10.3 Å². The van der Waals surface area contributed by atoms with Crippen LogP contribution in [0.25, 0.3) is 12.2 Å². The molecule has 1 aliphatic carbocycles. The second-order valence-corrected chi connectivity index (χ2v) is 9.94. The lowest BCUT2D eigenvalue weighted by molar-refractivity contribution is 0.447. The second kappa shape index (κ2) is 5.73. The molecule has 1 aliphatic rings. The molecule has 6 N–H and O–H groups in total. The van der Waals surface area contributed by atoms with Gasteiger partial charge in [-0.1, -0.05) is 6.08 Å². The normalized spacial score (nSPS) is 21.1. The lowest BCUT2D eigenvalue weighted by Gasteiger charge is -2.24. The Bertz CT molecular complexity index is 1180. The van der Waals surface area contributed by atoms with E-state index in [1.54, 1.807) is 0 Å². The molecule has 1 atom stereocenters. The molecule has 0 saturated heterocycles. The van der Waals surface area contributed by atoms with Gasteiger partial charge in [0.2, 0.25) is 0 Å². The molecule has 11 nitrogen and oxygen atoms in total. The van der Waals surface area contributed by atoms with E-state index >= 15 is 0 Å². The van der Waals surface area contributed by atoms with Crippen LogP contribution in [0.2, 0.25) is 0 Å². The number of nitrogens with two attached hydrogens (primary N) is 1. The van der Waals surface area contributed by atoms with Crippen molar-refractivity contribution in [3.05, 3.63) is 22.1 Å². The summed E-state index contributed by atoms with van der Waals surface area (Å²) in [5.74, 6) is -2.22. The zero-order valence-electron chi connectivity index (χ0n) is 12.2. The molecule has 0 amide bonds. The fraction of sp³-hybridized carbons (Fsp3) is 0.273. The molecule has 14 heteroatoms. The Morgan fingerprint density at radius 2 is 1.64 bits per heavy atom. The molecule has 0 heterocycles. The zero-order chi connectivity index (χ0) is 19.4. The van der Waals surface area contributed by atoms with Gasteiger partial charge in [-0.2, -0.15) is 25.3 Å². The van der Waals surface area contributed by atoms with Gasteiger partial charge < -0.3 is 10.8 Å². The number of phenolic OH excluding ortho intramolecular Hbond substituents is 1. The smallest absolute Gasteiger partial charge is 0.294 e. The Balaban J connectivity index is 2.97. The molecule has 1 aromatic carbocycles. The van der Waals surface area contributed by atoms with Crippen molar-refractivity contribution in [2.45, 2.75) is 21.9 Å². The van der Waals surface area contributed by atoms with Crippen molar-refractivity contribution in [3.63, 3.8) is 0 Å². The van der Waals surface area contributed by atoms with Crippen LogP contribution in [0.1, 0.15) is 12.0 Å². The number of hydrogen-bond acceptors (Lipinski definition) is 8. The molecule has 2 rings (SSSR count). The summed E-state index contributed by atoms with van der Waals surface area (Å²) in [7, 11) is -14.6. The topological polar surface area (TPSA) is 209 Å². The van der Waals surface area contributed by atoms with Crippen molar-refractivity contribution in [1.82, 2.24) is 0 Å². The molecule has 0 spiro atoms. The predicted octanol–water partition coefficient (Wildman–Crippen LogP) is -2.47. The first kappa shape index (κ1) is 19.8. The van der Waals surface area contributed by atoms with Crippen LogP contribution in [-0.2, 0) is 36.1 Å². The molecular formula is C11H13NO10S3. The summed E-state index contributed by atoms with van der Waals surface area (Å²) in [6.45, 7) is 0. The minimum atomic E-state index is -5.06.